The topological polar surface area (TPSA) is 59.1 Å². The van der Waals surface area contributed by atoms with E-state index in [-0.39, 0.29) is 24.3 Å². The van der Waals surface area contributed by atoms with Gasteiger partial charge in [0.25, 0.3) is 5.91 Å². The highest BCUT2D eigenvalue weighted by molar-refractivity contribution is 5.80. The first-order valence-corrected chi connectivity index (χ1v) is 9.51. The number of methoxy groups -OCH3 is 1. The first-order chi connectivity index (χ1) is 12.7. The van der Waals surface area contributed by atoms with E-state index in [1.54, 1.807) is 24.1 Å². The Hall–Kier alpha value is -2.24. The Labute approximate surface area is 155 Å². The highest BCUT2D eigenvalue weighted by Gasteiger charge is 2.29. The number of hydrogen-bond donors (Lipinski definition) is 0. The molecule has 2 fully saturated rings. The Kier molecular flexibility index (Phi) is 6.36. The van der Waals surface area contributed by atoms with Crippen molar-refractivity contribution < 1.29 is 19.1 Å². The van der Waals surface area contributed by atoms with Gasteiger partial charge in [-0.1, -0.05) is 31.4 Å². The summed E-state index contributed by atoms with van der Waals surface area (Å²) < 4.78 is 10.8. The summed E-state index contributed by atoms with van der Waals surface area (Å²) in [7, 11) is 1.58. The molecule has 3 rings (SSSR count). The smallest absolute Gasteiger partial charge is 0.260 e. The molecule has 0 N–H and O–H groups in total. The lowest BCUT2D eigenvalue weighted by Crippen LogP contribution is -2.53. The van der Waals surface area contributed by atoms with Gasteiger partial charge in [0.2, 0.25) is 5.91 Å². The van der Waals surface area contributed by atoms with E-state index in [0.717, 1.165) is 25.7 Å². The summed E-state index contributed by atoms with van der Waals surface area (Å²) in [4.78, 5) is 28.7. The minimum absolute atomic E-state index is 0.0169. The molecule has 1 aromatic carbocycles. The summed E-state index contributed by atoms with van der Waals surface area (Å²) in [5, 5.41) is 0. The standard InChI is InChI=1S/C20H28N2O4/c1-25-17-9-5-6-10-18(17)26-15-19(23)21-11-13-22(14-12-21)20(24)16-7-3-2-4-8-16/h5-6,9-10,16H,2-4,7-8,11-15H2,1H3. The van der Waals surface area contributed by atoms with E-state index in [0.29, 0.717) is 37.7 Å². The van der Waals surface area contributed by atoms with Crippen LogP contribution in [0.1, 0.15) is 32.1 Å². The molecule has 2 aliphatic rings. The van der Waals surface area contributed by atoms with Crippen molar-refractivity contribution >= 4 is 11.8 Å². The van der Waals surface area contributed by atoms with E-state index in [1.165, 1.54) is 6.42 Å². The van der Waals surface area contributed by atoms with Crippen LogP contribution in [-0.2, 0) is 9.59 Å². The van der Waals surface area contributed by atoms with Crippen LogP contribution >= 0.6 is 0 Å². The monoisotopic (exact) mass is 360 g/mol. The van der Waals surface area contributed by atoms with Crippen molar-refractivity contribution in [1.29, 1.82) is 0 Å². The molecule has 0 radical (unpaired) electrons. The Morgan fingerprint density at radius 1 is 0.962 bits per heavy atom. The van der Waals surface area contributed by atoms with Crippen LogP contribution in [-0.4, -0.2) is 61.5 Å². The number of piperazine rings is 1. The van der Waals surface area contributed by atoms with Crippen LogP contribution < -0.4 is 9.47 Å². The van der Waals surface area contributed by atoms with Crippen LogP contribution in [0.3, 0.4) is 0 Å². The lowest BCUT2D eigenvalue weighted by molar-refractivity contribution is -0.143. The fourth-order valence-electron chi connectivity index (χ4n) is 3.75. The molecule has 1 saturated heterocycles. The Balaban J connectivity index is 1.45. The van der Waals surface area contributed by atoms with Gasteiger partial charge in [-0.15, -0.1) is 0 Å². The van der Waals surface area contributed by atoms with Crippen molar-refractivity contribution in [2.45, 2.75) is 32.1 Å². The SMILES string of the molecule is COc1ccccc1OCC(=O)N1CCN(C(=O)C2CCCCC2)CC1. The Bertz CT molecular complexity index is 620. The fourth-order valence-corrected chi connectivity index (χ4v) is 3.75. The van der Waals surface area contributed by atoms with Crippen molar-refractivity contribution in [2.75, 3.05) is 39.9 Å². The van der Waals surface area contributed by atoms with Crippen molar-refractivity contribution in [2.24, 2.45) is 5.92 Å². The summed E-state index contributed by atoms with van der Waals surface area (Å²) in [6.45, 7) is 2.38. The number of rotatable bonds is 5. The van der Waals surface area contributed by atoms with Crippen LogP contribution in [0.4, 0.5) is 0 Å². The molecule has 0 unspecified atom stereocenters. The molecule has 1 aliphatic heterocycles. The zero-order valence-corrected chi connectivity index (χ0v) is 15.5. The third-order valence-corrected chi connectivity index (χ3v) is 5.32. The van der Waals surface area contributed by atoms with Crippen molar-refractivity contribution in [1.82, 2.24) is 9.80 Å². The average molecular weight is 360 g/mol. The molecule has 1 aliphatic carbocycles. The van der Waals surface area contributed by atoms with Crippen molar-refractivity contribution in [3.05, 3.63) is 24.3 Å². The predicted molar refractivity (Wildman–Crippen MR) is 98.2 cm³/mol. The van der Waals surface area contributed by atoms with Gasteiger partial charge in [-0.05, 0) is 25.0 Å². The van der Waals surface area contributed by atoms with E-state index < -0.39 is 0 Å². The van der Waals surface area contributed by atoms with Gasteiger partial charge in [0.15, 0.2) is 18.1 Å². The number of carbonyl (C=O) groups excluding carboxylic acids is 2. The van der Waals surface area contributed by atoms with Gasteiger partial charge in [0.1, 0.15) is 0 Å². The summed E-state index contributed by atoms with van der Waals surface area (Å²) in [5.41, 5.74) is 0. The minimum Gasteiger partial charge on any atom is -0.493 e. The van der Waals surface area contributed by atoms with Gasteiger partial charge < -0.3 is 19.3 Å². The van der Waals surface area contributed by atoms with Crippen LogP contribution in [0.5, 0.6) is 11.5 Å². The van der Waals surface area contributed by atoms with Gasteiger partial charge in [0.05, 0.1) is 7.11 Å². The molecule has 6 heteroatoms. The number of carbonyl (C=O) groups is 2. The largest absolute Gasteiger partial charge is 0.493 e. The molecule has 0 spiro atoms. The highest BCUT2D eigenvalue weighted by Crippen LogP contribution is 2.27. The second-order valence-electron chi connectivity index (χ2n) is 6.98. The maximum absolute atomic E-state index is 12.6. The van der Waals surface area contributed by atoms with E-state index >= 15 is 0 Å². The van der Waals surface area contributed by atoms with Gasteiger partial charge in [0, 0.05) is 32.1 Å². The van der Waals surface area contributed by atoms with Crippen molar-refractivity contribution in [3.8, 4) is 11.5 Å². The molecule has 1 saturated carbocycles. The molecule has 2 amide bonds. The second kappa shape index (κ2) is 8.92. The summed E-state index contributed by atoms with van der Waals surface area (Å²) >= 11 is 0. The fraction of sp³-hybridized carbons (Fsp3) is 0.600. The van der Waals surface area contributed by atoms with E-state index in [2.05, 4.69) is 0 Å². The van der Waals surface area contributed by atoms with Crippen LogP contribution in [0.25, 0.3) is 0 Å². The van der Waals surface area contributed by atoms with Crippen LogP contribution in [0.15, 0.2) is 24.3 Å². The van der Waals surface area contributed by atoms with Gasteiger partial charge >= 0.3 is 0 Å². The molecular formula is C20H28N2O4. The molecular weight excluding hydrogens is 332 g/mol. The van der Waals surface area contributed by atoms with Gasteiger partial charge in [-0.2, -0.15) is 0 Å². The molecule has 1 aromatic rings. The Morgan fingerprint density at radius 3 is 2.23 bits per heavy atom. The lowest BCUT2D eigenvalue weighted by atomic mass is 9.88. The number of amides is 2. The van der Waals surface area contributed by atoms with Crippen molar-refractivity contribution in [3.63, 3.8) is 0 Å². The number of nitrogens with zero attached hydrogens (tertiary/aromatic N) is 2. The first-order valence-electron chi connectivity index (χ1n) is 9.51. The number of hydrogen-bond acceptors (Lipinski definition) is 4. The number of para-hydroxylation sites is 2. The summed E-state index contributed by atoms with van der Waals surface area (Å²) in [5.74, 6) is 1.60. The molecule has 0 aromatic heterocycles. The second-order valence-corrected chi connectivity index (χ2v) is 6.98. The summed E-state index contributed by atoms with van der Waals surface area (Å²) in [6, 6.07) is 7.29. The third-order valence-electron chi connectivity index (χ3n) is 5.32. The lowest BCUT2D eigenvalue weighted by Gasteiger charge is -2.37. The third kappa shape index (κ3) is 4.48. The highest BCUT2D eigenvalue weighted by atomic mass is 16.5. The molecule has 1 heterocycles. The van der Waals surface area contributed by atoms with E-state index in [4.69, 9.17) is 9.47 Å². The molecule has 142 valence electrons. The van der Waals surface area contributed by atoms with Crippen LogP contribution in [0.2, 0.25) is 0 Å². The molecule has 26 heavy (non-hydrogen) atoms. The number of ether oxygens (including phenoxy) is 2. The van der Waals surface area contributed by atoms with Gasteiger partial charge in [-0.3, -0.25) is 9.59 Å². The van der Waals surface area contributed by atoms with Crippen LogP contribution in [0, 0.1) is 5.92 Å². The molecule has 0 atom stereocenters. The molecule has 6 nitrogen and oxygen atoms in total. The normalized spacial score (nSPS) is 18.5. The van der Waals surface area contributed by atoms with Gasteiger partial charge in [-0.25, -0.2) is 0 Å². The maximum atomic E-state index is 12.6. The molecule has 0 bridgehead atoms. The van der Waals surface area contributed by atoms with E-state index in [9.17, 15) is 9.59 Å². The zero-order chi connectivity index (χ0) is 18.4. The zero-order valence-electron chi connectivity index (χ0n) is 15.5. The maximum Gasteiger partial charge on any atom is 0.260 e. The predicted octanol–water partition coefficient (Wildman–Crippen LogP) is 2.33. The summed E-state index contributed by atoms with van der Waals surface area (Å²) in [6.07, 6.45) is 5.61. The quantitative estimate of drug-likeness (QED) is 0.809. The van der Waals surface area contributed by atoms with E-state index in [1.807, 2.05) is 17.0 Å². The minimum atomic E-state index is -0.0549. The average Bonchev–Trinajstić information content (AvgIpc) is 2.72. The first kappa shape index (κ1) is 18.5. The Morgan fingerprint density at radius 2 is 1.58 bits per heavy atom. The number of benzene rings is 1.